The number of hydrogen-bond acceptors (Lipinski definition) is 8. The molecule has 2 N–H and O–H groups in total. The fourth-order valence-corrected chi connectivity index (χ4v) is 3.73. The van der Waals surface area contributed by atoms with Crippen molar-refractivity contribution in [1.82, 2.24) is 25.1 Å². The Balaban J connectivity index is 1.68. The Morgan fingerprint density at radius 2 is 2.03 bits per heavy atom. The maximum atomic E-state index is 13.4. The second-order valence-corrected chi connectivity index (χ2v) is 7.47. The van der Waals surface area contributed by atoms with E-state index in [1.54, 1.807) is 6.07 Å². The van der Waals surface area contributed by atoms with Gasteiger partial charge >= 0.3 is 6.18 Å². The van der Waals surface area contributed by atoms with Crippen LogP contribution in [0.5, 0.6) is 0 Å². The van der Waals surface area contributed by atoms with Gasteiger partial charge in [-0.3, -0.25) is 4.79 Å². The highest BCUT2D eigenvalue weighted by atomic mass is 19.4. The number of amides is 1. The number of anilines is 1. The average molecular weight is 462 g/mol. The molecule has 3 aromatic heterocycles. The Labute approximate surface area is 186 Å². The van der Waals surface area contributed by atoms with Gasteiger partial charge in [0.05, 0.1) is 37.2 Å². The number of hydrogen-bond donors (Lipinski definition) is 1. The van der Waals surface area contributed by atoms with Crippen LogP contribution in [0.25, 0.3) is 10.9 Å². The van der Waals surface area contributed by atoms with Crippen molar-refractivity contribution < 1.29 is 27.4 Å². The first-order chi connectivity index (χ1) is 15.7. The van der Waals surface area contributed by atoms with Crippen molar-refractivity contribution in [2.24, 2.45) is 0 Å². The summed E-state index contributed by atoms with van der Waals surface area (Å²) < 4.78 is 49.3. The molecule has 3 aromatic rings. The molecule has 1 unspecified atom stereocenters. The molecule has 0 spiro atoms. The molecule has 0 bridgehead atoms. The lowest BCUT2D eigenvalue weighted by Crippen LogP contribution is -2.41. The molecule has 0 fully saturated rings. The maximum absolute atomic E-state index is 13.4. The lowest BCUT2D eigenvalue weighted by atomic mass is 10.1. The Morgan fingerprint density at radius 1 is 1.27 bits per heavy atom. The van der Waals surface area contributed by atoms with Crippen molar-refractivity contribution in [3.8, 4) is 0 Å². The minimum atomic E-state index is -4.60. The van der Waals surface area contributed by atoms with Crippen LogP contribution in [0.4, 0.5) is 19.0 Å². The van der Waals surface area contributed by atoms with Crippen LogP contribution in [-0.2, 0) is 35.4 Å². The lowest BCUT2D eigenvalue weighted by Gasteiger charge is -2.29. The zero-order valence-corrected chi connectivity index (χ0v) is 17.9. The molecular formula is C21H21F3N6O3. The second kappa shape index (κ2) is 8.87. The highest BCUT2D eigenvalue weighted by Gasteiger charge is 2.33. The van der Waals surface area contributed by atoms with Gasteiger partial charge in [-0.15, -0.1) is 5.10 Å². The first-order valence-electron chi connectivity index (χ1n) is 10.1. The third kappa shape index (κ3) is 4.44. The molecule has 0 radical (unpaired) electrons. The van der Waals surface area contributed by atoms with E-state index in [1.165, 1.54) is 24.3 Å². The molecule has 9 nitrogen and oxygen atoms in total. The predicted molar refractivity (Wildman–Crippen MR) is 110 cm³/mol. The molecule has 4 heterocycles. The summed E-state index contributed by atoms with van der Waals surface area (Å²) in [5.74, 6) is -0.111. The molecule has 4 rings (SSSR count). The summed E-state index contributed by atoms with van der Waals surface area (Å²) >= 11 is 0. The number of aromatic nitrogens is 4. The molecular weight excluding hydrogens is 441 g/mol. The van der Waals surface area contributed by atoms with Gasteiger partial charge in [0.2, 0.25) is 0 Å². The Morgan fingerprint density at radius 3 is 2.67 bits per heavy atom. The summed E-state index contributed by atoms with van der Waals surface area (Å²) in [6.07, 6.45) is -3.36. The molecule has 1 atom stereocenters. The number of alkyl halides is 3. The van der Waals surface area contributed by atoms with E-state index in [9.17, 15) is 18.0 Å². The van der Waals surface area contributed by atoms with Gasteiger partial charge in [-0.2, -0.15) is 18.3 Å². The molecule has 0 saturated carbocycles. The number of halogens is 3. The highest BCUT2D eigenvalue weighted by Crippen LogP contribution is 2.31. The van der Waals surface area contributed by atoms with E-state index in [4.69, 9.17) is 15.2 Å². The molecule has 0 saturated heterocycles. The molecule has 12 heteroatoms. The first kappa shape index (κ1) is 22.8. The van der Waals surface area contributed by atoms with Gasteiger partial charge < -0.3 is 20.1 Å². The number of nitrogens with zero attached hydrogens (tertiary/aromatic N) is 5. The number of fused-ring (bicyclic) bond motifs is 3. The largest absolute Gasteiger partial charge is 0.435 e. The van der Waals surface area contributed by atoms with Crippen LogP contribution in [0.1, 0.15) is 46.3 Å². The van der Waals surface area contributed by atoms with Crippen LogP contribution in [0.15, 0.2) is 24.4 Å². The summed E-state index contributed by atoms with van der Waals surface area (Å²) in [5, 5.41) is 7.57. The number of methoxy groups -OCH3 is 1. The van der Waals surface area contributed by atoms with E-state index < -0.39 is 24.0 Å². The van der Waals surface area contributed by atoms with Gasteiger partial charge in [0.25, 0.3) is 5.91 Å². The fourth-order valence-electron chi connectivity index (χ4n) is 3.73. The van der Waals surface area contributed by atoms with Gasteiger partial charge in [-0.1, -0.05) is 6.92 Å². The number of carbonyl (C=O) groups is 1. The number of nitrogen functional groups attached to an aromatic ring is 1. The monoisotopic (exact) mass is 462 g/mol. The van der Waals surface area contributed by atoms with E-state index in [0.29, 0.717) is 36.4 Å². The molecule has 1 amide bonds. The summed E-state index contributed by atoms with van der Waals surface area (Å²) in [7, 11) is 1.44. The van der Waals surface area contributed by atoms with E-state index >= 15 is 0 Å². The van der Waals surface area contributed by atoms with Gasteiger partial charge in [0, 0.05) is 18.1 Å². The third-order valence-corrected chi connectivity index (χ3v) is 5.41. The number of carbonyl (C=O) groups excluding carboxylic acids is 1. The lowest BCUT2D eigenvalue weighted by molar-refractivity contribution is -0.141. The van der Waals surface area contributed by atoms with Crippen molar-refractivity contribution in [3.05, 3.63) is 52.6 Å². The summed E-state index contributed by atoms with van der Waals surface area (Å²) in [6.45, 7) is 2.39. The quantitative estimate of drug-likeness (QED) is 0.556. The molecule has 33 heavy (non-hydrogen) atoms. The molecule has 174 valence electrons. The molecule has 1 aliphatic heterocycles. The van der Waals surface area contributed by atoms with Gasteiger partial charge in [-0.05, 0) is 30.2 Å². The fraction of sp³-hybridized carbons (Fsp3) is 0.381. The highest BCUT2D eigenvalue weighted by molar-refractivity contribution is 5.97. The Bertz CT molecular complexity index is 1180. The smallest absolute Gasteiger partial charge is 0.383 e. The Hall–Kier alpha value is -3.38. The van der Waals surface area contributed by atoms with E-state index in [1.807, 2.05) is 6.92 Å². The standard InChI is InChI=1S/C21H21F3N6O3/c1-3-18(32-2)30(8-11-4-5-17(29-28-11)21(22,23)24)20(31)15-6-12-13-9-33-10-14(13)19(25)27-16(12)7-26-15/h4-7,18H,3,8-10H2,1-2H3,(H2,25,27). The second-order valence-electron chi connectivity index (χ2n) is 7.47. The normalized spacial score (nSPS) is 14.3. The van der Waals surface area contributed by atoms with Crippen LogP contribution in [0.3, 0.4) is 0 Å². The maximum Gasteiger partial charge on any atom is 0.435 e. The van der Waals surface area contributed by atoms with Crippen molar-refractivity contribution in [2.75, 3.05) is 12.8 Å². The SMILES string of the molecule is CCC(OC)N(Cc1ccc(C(F)(F)F)nn1)C(=O)c1cc2c3c(c(N)nc2cn1)COC3. The van der Waals surface area contributed by atoms with Crippen LogP contribution < -0.4 is 5.73 Å². The summed E-state index contributed by atoms with van der Waals surface area (Å²) in [6, 6.07) is 3.63. The van der Waals surface area contributed by atoms with E-state index in [2.05, 4.69) is 20.2 Å². The summed E-state index contributed by atoms with van der Waals surface area (Å²) in [4.78, 5) is 23.4. The third-order valence-electron chi connectivity index (χ3n) is 5.41. The van der Waals surface area contributed by atoms with Crippen LogP contribution in [0.2, 0.25) is 0 Å². The predicted octanol–water partition coefficient (Wildman–Crippen LogP) is 3.08. The van der Waals surface area contributed by atoms with E-state index in [0.717, 1.165) is 17.2 Å². The zero-order chi connectivity index (χ0) is 23.8. The van der Waals surface area contributed by atoms with Crippen molar-refractivity contribution in [3.63, 3.8) is 0 Å². The molecule has 1 aliphatic rings. The number of pyridine rings is 2. The average Bonchev–Trinajstić information content (AvgIpc) is 3.29. The summed E-state index contributed by atoms with van der Waals surface area (Å²) in [5.41, 5.74) is 7.35. The van der Waals surface area contributed by atoms with Crippen LogP contribution in [0, 0.1) is 0 Å². The topological polar surface area (TPSA) is 116 Å². The Kier molecular flexibility index (Phi) is 6.13. The number of rotatable bonds is 6. The minimum Gasteiger partial charge on any atom is -0.383 e. The zero-order valence-electron chi connectivity index (χ0n) is 17.9. The van der Waals surface area contributed by atoms with E-state index in [-0.39, 0.29) is 17.9 Å². The van der Waals surface area contributed by atoms with Crippen LogP contribution >= 0.6 is 0 Å². The minimum absolute atomic E-state index is 0.114. The van der Waals surface area contributed by atoms with Gasteiger partial charge in [0.1, 0.15) is 17.7 Å². The molecule has 0 aromatic carbocycles. The van der Waals surface area contributed by atoms with Crippen molar-refractivity contribution in [1.29, 1.82) is 0 Å². The van der Waals surface area contributed by atoms with Crippen molar-refractivity contribution >= 4 is 22.6 Å². The molecule has 0 aliphatic carbocycles. The van der Waals surface area contributed by atoms with Crippen molar-refractivity contribution in [2.45, 2.75) is 45.5 Å². The number of nitrogens with two attached hydrogens (primary N) is 1. The van der Waals surface area contributed by atoms with Gasteiger partial charge in [-0.25, -0.2) is 9.97 Å². The number of ether oxygens (including phenoxy) is 2. The first-order valence-corrected chi connectivity index (χ1v) is 10.1. The van der Waals surface area contributed by atoms with Crippen LogP contribution in [-0.4, -0.2) is 44.3 Å². The van der Waals surface area contributed by atoms with Gasteiger partial charge in [0.15, 0.2) is 5.69 Å².